The number of hydrogen-bond acceptors (Lipinski definition) is 5. The number of carbonyl (C=O) groups excluding carboxylic acids is 1. The lowest BCUT2D eigenvalue weighted by molar-refractivity contribution is 0.0392. The second-order valence-electron chi connectivity index (χ2n) is 8.01. The minimum atomic E-state index is -0.185. The van der Waals surface area contributed by atoms with Gasteiger partial charge in [-0.15, -0.1) is 0 Å². The molecule has 1 aromatic heterocycles. The first-order chi connectivity index (χ1) is 15.6. The van der Waals surface area contributed by atoms with E-state index in [1.807, 2.05) is 48.5 Å². The molecular formula is C25H28ClN3O3. The van der Waals surface area contributed by atoms with Gasteiger partial charge in [-0.25, -0.2) is 4.98 Å². The number of pyridine rings is 1. The quantitative estimate of drug-likeness (QED) is 0.515. The largest absolute Gasteiger partial charge is 0.492 e. The maximum absolute atomic E-state index is 12.8. The number of fused-ring (bicyclic) bond motifs is 1. The molecule has 0 aliphatic carbocycles. The van der Waals surface area contributed by atoms with Gasteiger partial charge in [-0.05, 0) is 49.7 Å². The predicted octanol–water partition coefficient (Wildman–Crippen LogP) is 4.31. The summed E-state index contributed by atoms with van der Waals surface area (Å²) in [5.74, 6) is 0.615. The van der Waals surface area contributed by atoms with Gasteiger partial charge in [0.2, 0.25) is 0 Å². The van der Waals surface area contributed by atoms with Gasteiger partial charge in [0, 0.05) is 37.7 Å². The molecule has 7 heteroatoms. The van der Waals surface area contributed by atoms with Gasteiger partial charge in [0.25, 0.3) is 5.91 Å². The first-order valence-electron chi connectivity index (χ1n) is 10.9. The van der Waals surface area contributed by atoms with E-state index in [2.05, 4.69) is 22.2 Å². The minimum Gasteiger partial charge on any atom is -0.492 e. The Hall–Kier alpha value is -2.67. The molecule has 0 unspecified atom stereocenters. The van der Waals surface area contributed by atoms with Crippen molar-refractivity contribution in [2.45, 2.75) is 25.4 Å². The van der Waals surface area contributed by atoms with Crippen LogP contribution in [0.1, 0.15) is 28.8 Å². The Morgan fingerprint density at radius 2 is 2.00 bits per heavy atom. The van der Waals surface area contributed by atoms with Gasteiger partial charge in [0.1, 0.15) is 17.5 Å². The van der Waals surface area contributed by atoms with Gasteiger partial charge in [-0.1, -0.05) is 41.9 Å². The third-order valence-electron chi connectivity index (χ3n) is 5.81. The van der Waals surface area contributed by atoms with Crippen molar-refractivity contribution in [3.8, 4) is 5.75 Å². The van der Waals surface area contributed by atoms with E-state index in [9.17, 15) is 4.79 Å². The molecule has 1 aliphatic rings. The molecule has 1 N–H and O–H groups in total. The lowest BCUT2D eigenvalue weighted by atomic mass is 10.1. The normalized spacial score (nSPS) is 14.6. The third kappa shape index (κ3) is 5.76. The fourth-order valence-corrected chi connectivity index (χ4v) is 4.17. The van der Waals surface area contributed by atoms with Crippen molar-refractivity contribution in [1.29, 1.82) is 0 Å². The number of ether oxygens (including phenoxy) is 2. The van der Waals surface area contributed by atoms with Gasteiger partial charge in [0.05, 0.1) is 11.1 Å². The van der Waals surface area contributed by atoms with Gasteiger partial charge in [-0.3, -0.25) is 9.69 Å². The van der Waals surface area contributed by atoms with Crippen molar-refractivity contribution in [1.82, 2.24) is 15.2 Å². The Balaban J connectivity index is 1.32. The lowest BCUT2D eigenvalue weighted by Crippen LogP contribution is -2.38. The van der Waals surface area contributed by atoms with E-state index >= 15 is 0 Å². The molecule has 0 saturated carbocycles. The molecular weight excluding hydrogens is 426 g/mol. The summed E-state index contributed by atoms with van der Waals surface area (Å²) < 4.78 is 11.4. The number of para-hydroxylation sites is 1. The number of amides is 1. The molecule has 1 fully saturated rings. The molecule has 1 amide bonds. The fourth-order valence-electron chi connectivity index (χ4n) is 3.97. The molecule has 2 aromatic carbocycles. The molecule has 0 atom stereocenters. The van der Waals surface area contributed by atoms with Crippen molar-refractivity contribution < 1.29 is 14.3 Å². The molecule has 2 heterocycles. The number of nitrogens with zero attached hydrogens (tertiary/aromatic N) is 2. The number of hydrogen-bond donors (Lipinski definition) is 1. The topological polar surface area (TPSA) is 63.7 Å². The molecule has 4 rings (SSSR count). The molecule has 32 heavy (non-hydrogen) atoms. The van der Waals surface area contributed by atoms with E-state index in [1.165, 1.54) is 0 Å². The van der Waals surface area contributed by atoms with Crippen LogP contribution in [0.2, 0.25) is 5.15 Å². The van der Waals surface area contributed by atoms with Crippen LogP contribution >= 0.6 is 11.6 Å². The first kappa shape index (κ1) is 22.5. The van der Waals surface area contributed by atoms with Gasteiger partial charge in [0.15, 0.2) is 0 Å². The number of carbonyl (C=O) groups is 1. The number of nitrogens with one attached hydrogen (secondary N) is 1. The molecule has 3 aromatic rings. The zero-order chi connectivity index (χ0) is 22.3. The average molecular weight is 454 g/mol. The first-order valence-corrected chi connectivity index (χ1v) is 11.3. The van der Waals surface area contributed by atoms with Gasteiger partial charge < -0.3 is 14.8 Å². The van der Waals surface area contributed by atoms with Crippen LogP contribution in [0.4, 0.5) is 0 Å². The van der Waals surface area contributed by atoms with Gasteiger partial charge >= 0.3 is 0 Å². The smallest absolute Gasteiger partial charge is 0.252 e. The predicted molar refractivity (Wildman–Crippen MR) is 126 cm³/mol. The van der Waals surface area contributed by atoms with E-state index in [-0.39, 0.29) is 5.91 Å². The van der Waals surface area contributed by atoms with Gasteiger partial charge in [-0.2, -0.15) is 0 Å². The van der Waals surface area contributed by atoms with Crippen molar-refractivity contribution >= 4 is 28.4 Å². The van der Waals surface area contributed by atoms with Crippen LogP contribution in [-0.4, -0.2) is 55.2 Å². The highest BCUT2D eigenvalue weighted by molar-refractivity contribution is 6.30. The summed E-state index contributed by atoms with van der Waals surface area (Å²) in [7, 11) is 2.14. The van der Waals surface area contributed by atoms with E-state index in [1.54, 1.807) is 6.07 Å². The molecule has 0 bridgehead atoms. The summed E-state index contributed by atoms with van der Waals surface area (Å²) in [6, 6.07) is 17.5. The van der Waals surface area contributed by atoms with E-state index < -0.39 is 0 Å². The maximum atomic E-state index is 12.8. The standard InChI is InChI=1S/C25H28ClN3O3/c1-29(19-9-12-31-13-10-19)11-14-32-20-6-4-5-18(15-20)17-27-25(30)22-16-24(26)28-23-8-3-2-7-21(22)23/h2-8,15-16,19H,9-14,17H2,1H3,(H,27,30). The Kier molecular flexibility index (Phi) is 7.58. The van der Waals surface area contributed by atoms with Crippen molar-refractivity contribution in [3.63, 3.8) is 0 Å². The maximum Gasteiger partial charge on any atom is 0.252 e. The molecule has 1 saturated heterocycles. The summed E-state index contributed by atoms with van der Waals surface area (Å²) in [4.78, 5) is 19.4. The summed E-state index contributed by atoms with van der Waals surface area (Å²) >= 11 is 6.11. The third-order valence-corrected chi connectivity index (χ3v) is 6.00. The summed E-state index contributed by atoms with van der Waals surface area (Å²) in [5, 5.41) is 4.06. The van der Waals surface area contributed by atoms with E-state index in [0.717, 1.165) is 49.3 Å². The Labute approximate surface area is 193 Å². The second kappa shape index (κ2) is 10.8. The second-order valence-corrected chi connectivity index (χ2v) is 8.40. The van der Waals surface area contributed by atoms with E-state index in [4.69, 9.17) is 21.1 Å². The van der Waals surface area contributed by atoms with Crippen molar-refractivity contribution in [2.24, 2.45) is 0 Å². The van der Waals surface area contributed by atoms with Crippen LogP contribution < -0.4 is 10.1 Å². The van der Waals surface area contributed by atoms with Crippen LogP contribution in [0.5, 0.6) is 5.75 Å². The summed E-state index contributed by atoms with van der Waals surface area (Å²) in [6.45, 7) is 3.55. The molecule has 6 nitrogen and oxygen atoms in total. The monoisotopic (exact) mass is 453 g/mol. The highest BCUT2D eigenvalue weighted by Gasteiger charge is 2.18. The number of aromatic nitrogens is 1. The zero-order valence-corrected chi connectivity index (χ0v) is 19.0. The summed E-state index contributed by atoms with van der Waals surface area (Å²) in [6.07, 6.45) is 2.15. The molecule has 0 radical (unpaired) electrons. The highest BCUT2D eigenvalue weighted by Crippen LogP contribution is 2.21. The van der Waals surface area contributed by atoms with Crippen LogP contribution in [0.3, 0.4) is 0 Å². The van der Waals surface area contributed by atoms with Crippen LogP contribution in [0, 0.1) is 0 Å². The molecule has 1 aliphatic heterocycles. The minimum absolute atomic E-state index is 0.185. The number of halogens is 1. The Morgan fingerprint density at radius 1 is 1.19 bits per heavy atom. The van der Waals surface area contributed by atoms with Crippen LogP contribution in [-0.2, 0) is 11.3 Å². The SMILES string of the molecule is CN(CCOc1cccc(CNC(=O)c2cc(Cl)nc3ccccc23)c1)C1CCOCC1. The van der Waals surface area contributed by atoms with Crippen molar-refractivity contribution in [2.75, 3.05) is 33.4 Å². The average Bonchev–Trinajstić information content (AvgIpc) is 2.82. The summed E-state index contributed by atoms with van der Waals surface area (Å²) in [5.41, 5.74) is 2.19. The number of benzene rings is 2. The van der Waals surface area contributed by atoms with E-state index in [0.29, 0.717) is 35.4 Å². The molecule has 168 valence electrons. The fraction of sp³-hybridized carbons (Fsp3) is 0.360. The Morgan fingerprint density at radius 3 is 2.84 bits per heavy atom. The zero-order valence-electron chi connectivity index (χ0n) is 18.2. The van der Waals surface area contributed by atoms with Crippen LogP contribution in [0.15, 0.2) is 54.6 Å². The molecule has 0 spiro atoms. The number of likely N-dealkylation sites (N-methyl/N-ethyl adjacent to an activating group) is 1. The highest BCUT2D eigenvalue weighted by atomic mass is 35.5. The number of rotatable bonds is 8. The van der Waals surface area contributed by atoms with Crippen molar-refractivity contribution in [3.05, 3.63) is 70.9 Å². The lowest BCUT2D eigenvalue weighted by Gasteiger charge is -2.31. The Bertz CT molecular complexity index is 1070. The van der Waals surface area contributed by atoms with Crippen LogP contribution in [0.25, 0.3) is 10.9 Å².